The first-order chi connectivity index (χ1) is 20.2. The highest BCUT2D eigenvalue weighted by molar-refractivity contribution is 5.78. The molecule has 2 aromatic heterocycles. The van der Waals surface area contributed by atoms with Crippen molar-refractivity contribution in [3.8, 4) is 28.1 Å². The molecule has 42 heavy (non-hydrogen) atoms. The van der Waals surface area contributed by atoms with Crippen molar-refractivity contribution < 1.29 is 23.8 Å². The van der Waals surface area contributed by atoms with Gasteiger partial charge >= 0.3 is 5.97 Å². The maximum Gasteiger partial charge on any atom is 0.308 e. The number of piperidine rings is 1. The molecule has 4 aromatic rings. The third kappa shape index (κ3) is 5.45. The van der Waals surface area contributed by atoms with Gasteiger partial charge in [-0.3, -0.25) is 4.79 Å². The molecule has 0 aliphatic carbocycles. The lowest BCUT2D eigenvalue weighted by molar-refractivity contribution is -0.136. The fourth-order valence-electron chi connectivity index (χ4n) is 6.06. The maximum absolute atomic E-state index is 15.6. The highest BCUT2D eigenvalue weighted by atomic mass is 19.1. The zero-order valence-electron chi connectivity index (χ0n) is 24.5. The third-order valence-corrected chi connectivity index (χ3v) is 8.57. The molecule has 0 unspecified atom stereocenters. The number of fused-ring (bicyclic) bond motifs is 8. The van der Waals surface area contributed by atoms with Crippen molar-refractivity contribution in [1.29, 1.82) is 0 Å². The lowest BCUT2D eigenvalue weighted by Crippen LogP contribution is -2.45. The Hall–Kier alpha value is -3.98. The van der Waals surface area contributed by atoms with E-state index in [0.717, 1.165) is 56.6 Å². The quantitative estimate of drug-likeness (QED) is 0.298. The summed E-state index contributed by atoms with van der Waals surface area (Å²) in [5.74, 6) is 0.0705. The Morgan fingerprint density at radius 3 is 2.60 bits per heavy atom. The van der Waals surface area contributed by atoms with E-state index in [-0.39, 0.29) is 17.8 Å². The second kappa shape index (κ2) is 11.4. The van der Waals surface area contributed by atoms with Crippen molar-refractivity contribution >= 4 is 17.4 Å². The number of benzene rings is 2. The number of aryl methyl sites for hydroxylation is 2. The van der Waals surface area contributed by atoms with Gasteiger partial charge in [0, 0.05) is 42.6 Å². The average Bonchev–Trinajstić information content (AvgIpc) is 3.38. The van der Waals surface area contributed by atoms with Crippen molar-refractivity contribution in [3.05, 3.63) is 65.1 Å². The fourth-order valence-corrected chi connectivity index (χ4v) is 6.06. The summed E-state index contributed by atoms with van der Waals surface area (Å²) in [5.41, 5.74) is 4.90. The summed E-state index contributed by atoms with van der Waals surface area (Å²) in [6.45, 7) is 8.38. The summed E-state index contributed by atoms with van der Waals surface area (Å²) in [6, 6.07) is 13.2. The second-order valence-corrected chi connectivity index (χ2v) is 11.7. The zero-order chi connectivity index (χ0) is 29.4. The van der Waals surface area contributed by atoms with Crippen molar-refractivity contribution in [2.45, 2.75) is 64.9 Å². The van der Waals surface area contributed by atoms with Gasteiger partial charge in [0.1, 0.15) is 17.4 Å². The van der Waals surface area contributed by atoms with Crippen LogP contribution in [-0.2, 0) is 16.0 Å². The summed E-state index contributed by atoms with van der Waals surface area (Å²) >= 11 is 0. The van der Waals surface area contributed by atoms with Gasteiger partial charge in [-0.15, -0.1) is 0 Å². The van der Waals surface area contributed by atoms with Crippen LogP contribution in [0.2, 0.25) is 0 Å². The van der Waals surface area contributed by atoms with Crippen LogP contribution in [0.15, 0.2) is 42.5 Å². The van der Waals surface area contributed by atoms with E-state index in [9.17, 15) is 9.90 Å². The first-order valence-electron chi connectivity index (χ1n) is 14.8. The minimum absolute atomic E-state index is 0.144. The first-order valence-corrected chi connectivity index (χ1v) is 14.8. The minimum atomic E-state index is -0.912. The zero-order valence-corrected chi connectivity index (χ0v) is 24.5. The molecule has 0 spiro atoms. The topological polar surface area (TPSA) is 89.2 Å². The van der Waals surface area contributed by atoms with Gasteiger partial charge in [-0.2, -0.15) is 9.61 Å². The molecule has 8 nitrogen and oxygen atoms in total. The number of carbonyl (C=O) groups is 1. The maximum atomic E-state index is 15.6. The molecule has 1 fully saturated rings. The van der Waals surface area contributed by atoms with Gasteiger partial charge in [0.25, 0.3) is 0 Å². The molecule has 1 N–H and O–H groups in total. The SMILES string of the molecule is Cc1ccc2c(c1F)-c1cccc(c1)-c1cc3nc(C)c(CC(=O)O)c(n3n1)N1CCC(C)(CC1)OCCCCCO2. The molecule has 5 heterocycles. The molecule has 6 bridgehead atoms. The Morgan fingerprint density at radius 1 is 1.05 bits per heavy atom. The van der Waals surface area contributed by atoms with Crippen molar-refractivity contribution in [2.75, 3.05) is 31.2 Å². The number of carboxylic acid groups (broad SMARTS) is 1. The van der Waals surface area contributed by atoms with Gasteiger partial charge in [-0.25, -0.2) is 9.37 Å². The summed E-state index contributed by atoms with van der Waals surface area (Å²) in [4.78, 5) is 18.9. The van der Waals surface area contributed by atoms with Gasteiger partial charge < -0.3 is 19.5 Å². The number of aromatic nitrogens is 3. The van der Waals surface area contributed by atoms with Gasteiger partial charge in [0.05, 0.1) is 29.9 Å². The molecule has 0 radical (unpaired) electrons. The third-order valence-electron chi connectivity index (χ3n) is 8.57. The molecule has 0 atom stereocenters. The summed E-state index contributed by atoms with van der Waals surface area (Å²) in [5, 5.41) is 14.7. The van der Waals surface area contributed by atoms with Crippen LogP contribution in [0.25, 0.3) is 28.0 Å². The molecule has 9 heteroatoms. The van der Waals surface area contributed by atoms with Crippen LogP contribution in [0.4, 0.5) is 10.2 Å². The number of halogens is 1. The van der Waals surface area contributed by atoms with Crippen molar-refractivity contribution in [1.82, 2.24) is 14.6 Å². The molecule has 3 aliphatic rings. The minimum Gasteiger partial charge on any atom is -0.493 e. The fraction of sp³-hybridized carbons (Fsp3) is 0.424. The van der Waals surface area contributed by atoms with E-state index in [4.69, 9.17) is 19.6 Å². The molecular weight excluding hydrogens is 535 g/mol. The van der Waals surface area contributed by atoms with E-state index in [0.29, 0.717) is 58.3 Å². The summed E-state index contributed by atoms with van der Waals surface area (Å²) in [7, 11) is 0. The van der Waals surface area contributed by atoms with E-state index in [1.54, 1.807) is 17.5 Å². The molecule has 0 saturated carbocycles. The highest BCUT2D eigenvalue weighted by Crippen LogP contribution is 2.38. The number of hydrogen-bond donors (Lipinski definition) is 1. The van der Waals surface area contributed by atoms with Gasteiger partial charge in [0.15, 0.2) is 5.65 Å². The molecule has 7 rings (SSSR count). The number of ether oxygens (including phenoxy) is 2. The molecule has 1 saturated heterocycles. The van der Waals surface area contributed by atoms with Crippen LogP contribution in [0.1, 0.15) is 55.8 Å². The lowest BCUT2D eigenvalue weighted by Gasteiger charge is -2.41. The van der Waals surface area contributed by atoms with Crippen LogP contribution in [0, 0.1) is 19.7 Å². The number of anilines is 1. The van der Waals surface area contributed by atoms with Crippen LogP contribution < -0.4 is 9.64 Å². The molecular formula is C33H37FN4O4. The highest BCUT2D eigenvalue weighted by Gasteiger charge is 2.33. The Morgan fingerprint density at radius 2 is 1.81 bits per heavy atom. The molecule has 3 aliphatic heterocycles. The Bertz CT molecular complexity index is 1640. The van der Waals surface area contributed by atoms with E-state index in [2.05, 4.69) is 11.8 Å². The van der Waals surface area contributed by atoms with Crippen molar-refractivity contribution in [2.24, 2.45) is 0 Å². The monoisotopic (exact) mass is 572 g/mol. The molecule has 220 valence electrons. The molecule has 2 aromatic carbocycles. The van der Waals surface area contributed by atoms with Gasteiger partial charge in [-0.1, -0.05) is 24.3 Å². The van der Waals surface area contributed by atoms with Gasteiger partial charge in [-0.05, 0) is 76.1 Å². The summed E-state index contributed by atoms with van der Waals surface area (Å²) in [6.07, 6.45) is 4.22. The number of hydrogen-bond acceptors (Lipinski definition) is 6. The molecule has 0 amide bonds. The number of carboxylic acids is 1. The number of nitrogens with zero attached hydrogens (tertiary/aromatic N) is 4. The summed E-state index contributed by atoms with van der Waals surface area (Å²) < 4.78 is 29.9. The van der Waals surface area contributed by atoms with Crippen LogP contribution in [-0.4, -0.2) is 57.6 Å². The normalized spacial score (nSPS) is 17.2. The first kappa shape index (κ1) is 28.2. The Kier molecular flexibility index (Phi) is 7.62. The second-order valence-electron chi connectivity index (χ2n) is 11.7. The van der Waals surface area contributed by atoms with E-state index < -0.39 is 5.97 Å². The predicted octanol–water partition coefficient (Wildman–Crippen LogP) is 6.38. The lowest BCUT2D eigenvalue weighted by atomic mass is 9.92. The Balaban J connectivity index is 1.51. The van der Waals surface area contributed by atoms with Crippen LogP contribution in [0.3, 0.4) is 0 Å². The number of aliphatic carboxylic acids is 1. The average molecular weight is 573 g/mol. The van der Waals surface area contributed by atoms with E-state index in [1.807, 2.05) is 43.3 Å². The van der Waals surface area contributed by atoms with Gasteiger partial charge in [0.2, 0.25) is 0 Å². The smallest absolute Gasteiger partial charge is 0.308 e. The predicted molar refractivity (Wildman–Crippen MR) is 160 cm³/mol. The standard InChI is InChI=1S/C33H37FN4O4/c1-21-10-11-27-30(31(21)34)24-9-7-8-23(18-24)26-20-28-35-22(2)25(19-29(39)40)32(38(28)36-26)37-14-12-33(3,13-15-37)42-17-6-4-5-16-41-27/h7-11,18,20H,4-6,12-17,19H2,1-3H3,(H,39,40). The van der Waals surface area contributed by atoms with E-state index >= 15 is 4.39 Å². The van der Waals surface area contributed by atoms with Crippen molar-refractivity contribution in [3.63, 3.8) is 0 Å². The largest absolute Gasteiger partial charge is 0.493 e. The Labute approximate surface area is 245 Å². The van der Waals surface area contributed by atoms with E-state index in [1.165, 1.54) is 0 Å². The number of rotatable bonds is 2. The van der Waals surface area contributed by atoms with Crippen LogP contribution >= 0.6 is 0 Å². The van der Waals surface area contributed by atoms with Crippen LogP contribution in [0.5, 0.6) is 5.75 Å².